The van der Waals surface area contributed by atoms with Crippen LogP contribution in [0.4, 0.5) is 0 Å². The third kappa shape index (κ3) is 2.41. The van der Waals surface area contributed by atoms with Crippen LogP contribution in [0.5, 0.6) is 0 Å². The molecule has 1 unspecified atom stereocenters. The topological polar surface area (TPSA) is 66.6 Å². The first-order chi connectivity index (χ1) is 7.69. The van der Waals surface area contributed by atoms with Crippen molar-refractivity contribution in [2.24, 2.45) is 5.92 Å². The summed E-state index contributed by atoms with van der Waals surface area (Å²) in [6.07, 6.45) is 2.42. The van der Waals surface area contributed by atoms with Crippen LogP contribution < -0.4 is 0 Å². The van der Waals surface area contributed by atoms with E-state index in [0.717, 1.165) is 19.0 Å². The fourth-order valence-electron chi connectivity index (χ4n) is 2.10. The average Bonchev–Trinajstić information content (AvgIpc) is 2.87. The van der Waals surface area contributed by atoms with Gasteiger partial charge in [-0.3, -0.25) is 4.90 Å². The monoisotopic (exact) mass is 224 g/mol. The first kappa shape index (κ1) is 11.1. The molecule has 2 rings (SSSR count). The van der Waals surface area contributed by atoms with Crippen molar-refractivity contribution in [1.29, 1.82) is 0 Å². The van der Waals surface area contributed by atoms with E-state index in [9.17, 15) is 4.79 Å². The van der Waals surface area contributed by atoms with Gasteiger partial charge in [-0.1, -0.05) is 18.5 Å². The summed E-state index contributed by atoms with van der Waals surface area (Å²) in [5, 5.41) is 12.2. The number of hydrogen-bond donors (Lipinski definition) is 1. The summed E-state index contributed by atoms with van der Waals surface area (Å²) in [6.45, 7) is 4.99. The summed E-state index contributed by atoms with van der Waals surface area (Å²) in [7, 11) is 0. The number of hydrogen-bond acceptors (Lipinski definition) is 4. The van der Waals surface area contributed by atoms with Gasteiger partial charge in [0.05, 0.1) is 6.54 Å². The Labute approximate surface area is 94.0 Å². The highest BCUT2D eigenvalue weighted by Gasteiger charge is 2.22. The second kappa shape index (κ2) is 4.65. The maximum Gasteiger partial charge on any atom is 0.358 e. The minimum atomic E-state index is -1.04. The molecular formula is C11H16N2O3. The van der Waals surface area contributed by atoms with Crippen LogP contribution in [0.3, 0.4) is 0 Å². The van der Waals surface area contributed by atoms with Crippen LogP contribution in [0.25, 0.3) is 0 Å². The zero-order valence-electron chi connectivity index (χ0n) is 9.35. The van der Waals surface area contributed by atoms with E-state index < -0.39 is 5.97 Å². The lowest BCUT2D eigenvalue weighted by Gasteiger charge is -2.12. The van der Waals surface area contributed by atoms with E-state index in [-0.39, 0.29) is 5.69 Å². The van der Waals surface area contributed by atoms with Crippen LogP contribution in [0.1, 0.15) is 36.0 Å². The zero-order valence-corrected chi connectivity index (χ0v) is 9.35. The lowest BCUT2D eigenvalue weighted by atomic mass is 10.1. The van der Waals surface area contributed by atoms with Crippen molar-refractivity contribution >= 4 is 5.97 Å². The number of rotatable bonds is 4. The molecule has 0 saturated carbocycles. The van der Waals surface area contributed by atoms with E-state index in [1.54, 1.807) is 0 Å². The highest BCUT2D eigenvalue weighted by Crippen LogP contribution is 2.21. The van der Waals surface area contributed by atoms with Gasteiger partial charge in [0.1, 0.15) is 0 Å². The van der Waals surface area contributed by atoms with Crippen LogP contribution in [0, 0.1) is 5.92 Å². The van der Waals surface area contributed by atoms with Crippen molar-refractivity contribution < 1.29 is 14.4 Å². The molecule has 0 amide bonds. The smallest absolute Gasteiger partial charge is 0.358 e. The van der Waals surface area contributed by atoms with Gasteiger partial charge in [0.2, 0.25) is 0 Å². The highest BCUT2D eigenvalue weighted by molar-refractivity contribution is 5.85. The Morgan fingerprint density at radius 1 is 1.75 bits per heavy atom. The molecule has 0 aromatic carbocycles. The fraction of sp³-hybridized carbons (Fsp3) is 0.636. The van der Waals surface area contributed by atoms with Crippen LogP contribution in [-0.4, -0.2) is 34.2 Å². The zero-order chi connectivity index (χ0) is 11.5. The van der Waals surface area contributed by atoms with Crippen molar-refractivity contribution in [3.8, 4) is 0 Å². The minimum absolute atomic E-state index is 0.0127. The number of carbonyl (C=O) groups is 1. The molecule has 1 aliphatic rings. The number of aromatic carboxylic acids is 1. The molecule has 1 fully saturated rings. The molecule has 1 aromatic heterocycles. The van der Waals surface area contributed by atoms with Gasteiger partial charge in [-0.2, -0.15) is 0 Å². The summed E-state index contributed by atoms with van der Waals surface area (Å²) >= 11 is 0. The Morgan fingerprint density at radius 3 is 3.12 bits per heavy atom. The van der Waals surface area contributed by atoms with E-state index in [0.29, 0.717) is 12.3 Å². The molecule has 0 spiro atoms. The molecule has 1 aromatic rings. The Kier molecular flexibility index (Phi) is 3.24. The first-order valence-corrected chi connectivity index (χ1v) is 5.60. The van der Waals surface area contributed by atoms with E-state index in [2.05, 4.69) is 17.0 Å². The summed E-state index contributed by atoms with van der Waals surface area (Å²) < 4.78 is 4.98. The number of carboxylic acid groups (broad SMARTS) is 1. The third-order valence-electron chi connectivity index (χ3n) is 3.10. The van der Waals surface area contributed by atoms with E-state index in [4.69, 9.17) is 9.63 Å². The van der Waals surface area contributed by atoms with Crippen molar-refractivity contribution in [2.45, 2.75) is 26.3 Å². The second-order valence-electron chi connectivity index (χ2n) is 4.28. The predicted molar refractivity (Wildman–Crippen MR) is 57.1 cm³/mol. The molecule has 1 saturated heterocycles. The van der Waals surface area contributed by atoms with Gasteiger partial charge in [-0.15, -0.1) is 0 Å². The quantitative estimate of drug-likeness (QED) is 0.841. The molecular weight excluding hydrogens is 208 g/mol. The highest BCUT2D eigenvalue weighted by atomic mass is 16.5. The Balaban J connectivity index is 1.92. The third-order valence-corrected chi connectivity index (χ3v) is 3.10. The molecule has 16 heavy (non-hydrogen) atoms. The largest absolute Gasteiger partial charge is 0.476 e. The second-order valence-corrected chi connectivity index (χ2v) is 4.28. The molecule has 0 radical (unpaired) electrons. The molecule has 1 atom stereocenters. The summed E-state index contributed by atoms with van der Waals surface area (Å²) in [4.78, 5) is 12.9. The number of aromatic nitrogens is 1. The van der Waals surface area contributed by atoms with Gasteiger partial charge in [-0.05, 0) is 18.9 Å². The maximum atomic E-state index is 10.6. The molecule has 88 valence electrons. The van der Waals surface area contributed by atoms with Gasteiger partial charge >= 0.3 is 5.97 Å². The Morgan fingerprint density at radius 2 is 2.56 bits per heavy atom. The van der Waals surface area contributed by atoms with Gasteiger partial charge < -0.3 is 9.63 Å². The van der Waals surface area contributed by atoms with Crippen molar-refractivity contribution in [2.75, 3.05) is 13.1 Å². The van der Waals surface area contributed by atoms with Crippen LogP contribution in [0.2, 0.25) is 0 Å². The SMILES string of the molecule is CCC1CCN(Cc2cc(C(=O)O)no2)C1. The first-order valence-electron chi connectivity index (χ1n) is 5.60. The van der Waals surface area contributed by atoms with Gasteiger partial charge in [0.25, 0.3) is 0 Å². The number of carboxylic acids is 1. The summed E-state index contributed by atoms with van der Waals surface area (Å²) in [6, 6.07) is 1.50. The van der Waals surface area contributed by atoms with E-state index >= 15 is 0 Å². The standard InChI is InChI=1S/C11H16N2O3/c1-2-8-3-4-13(6-8)7-9-5-10(11(14)15)12-16-9/h5,8H,2-4,6-7H2,1H3,(H,14,15). The van der Waals surface area contributed by atoms with Crippen molar-refractivity contribution in [1.82, 2.24) is 10.1 Å². The number of nitrogens with zero attached hydrogens (tertiary/aromatic N) is 2. The normalized spacial score (nSPS) is 21.4. The molecule has 1 aliphatic heterocycles. The molecule has 1 N–H and O–H groups in total. The van der Waals surface area contributed by atoms with Crippen LogP contribution in [0.15, 0.2) is 10.6 Å². The van der Waals surface area contributed by atoms with Crippen molar-refractivity contribution in [3.63, 3.8) is 0 Å². The van der Waals surface area contributed by atoms with Gasteiger partial charge in [-0.25, -0.2) is 4.79 Å². The van der Waals surface area contributed by atoms with Crippen LogP contribution in [-0.2, 0) is 6.54 Å². The van der Waals surface area contributed by atoms with Gasteiger partial charge in [0.15, 0.2) is 11.5 Å². The lowest BCUT2D eigenvalue weighted by molar-refractivity contribution is 0.0685. The van der Waals surface area contributed by atoms with Crippen LogP contribution >= 0.6 is 0 Å². The Hall–Kier alpha value is -1.36. The fourth-order valence-corrected chi connectivity index (χ4v) is 2.10. The van der Waals surface area contributed by atoms with E-state index in [1.807, 2.05) is 0 Å². The lowest BCUT2D eigenvalue weighted by Crippen LogP contribution is -2.19. The number of likely N-dealkylation sites (tertiary alicyclic amines) is 1. The minimum Gasteiger partial charge on any atom is -0.476 e. The summed E-state index contributed by atoms with van der Waals surface area (Å²) in [5.74, 6) is 0.360. The summed E-state index contributed by atoms with van der Waals surface area (Å²) in [5.41, 5.74) is -0.0127. The predicted octanol–water partition coefficient (Wildman–Crippen LogP) is 1.60. The molecule has 5 heteroatoms. The Bertz CT molecular complexity index is 375. The van der Waals surface area contributed by atoms with E-state index in [1.165, 1.54) is 18.9 Å². The molecule has 2 heterocycles. The van der Waals surface area contributed by atoms with Crippen molar-refractivity contribution in [3.05, 3.63) is 17.5 Å². The van der Waals surface area contributed by atoms with Gasteiger partial charge in [0, 0.05) is 12.6 Å². The molecule has 0 bridgehead atoms. The molecule has 5 nitrogen and oxygen atoms in total. The maximum absolute atomic E-state index is 10.6. The molecule has 0 aliphatic carbocycles. The average molecular weight is 224 g/mol.